The maximum absolute atomic E-state index is 5.39. The van der Waals surface area contributed by atoms with Gasteiger partial charge in [-0.2, -0.15) is 0 Å². The van der Waals surface area contributed by atoms with E-state index in [9.17, 15) is 0 Å². The van der Waals surface area contributed by atoms with Crippen LogP contribution in [0.5, 0.6) is 0 Å². The minimum atomic E-state index is -2.43. The molecule has 0 aromatic heterocycles. The first kappa shape index (κ1) is 26.1. The Kier molecular flexibility index (Phi) is 13.1. The van der Waals surface area contributed by atoms with E-state index in [1.165, 1.54) is 0 Å². The lowest BCUT2D eigenvalue weighted by atomic mass is 10.5. The molecule has 0 amide bonds. The molecule has 0 aromatic carbocycles. The quantitative estimate of drug-likeness (QED) is 0.191. The van der Waals surface area contributed by atoms with Crippen LogP contribution in [-0.2, 0) is 45.5 Å². The van der Waals surface area contributed by atoms with Crippen molar-refractivity contribution in [3.05, 3.63) is 0 Å². The Hall–Kier alpha value is 0.0338. The lowest BCUT2D eigenvalue weighted by molar-refractivity contribution is 0.0886. The minimum Gasteiger partial charge on any atom is -0.379 e. The minimum absolute atomic E-state index is 0.304. The van der Waals surface area contributed by atoms with Gasteiger partial charge in [-0.1, -0.05) is 0 Å². The highest BCUT2D eigenvalue weighted by atomic mass is 28.4. The van der Waals surface area contributed by atoms with E-state index in [0.717, 1.165) is 13.2 Å². The second kappa shape index (κ2) is 14.1. The van der Waals surface area contributed by atoms with Gasteiger partial charge < -0.3 is 45.5 Å². The second-order valence-corrected chi connectivity index (χ2v) is 12.3. The molecular weight excluding hydrogens is 408 g/mol. The molecule has 168 valence electrons. The second-order valence-electron chi connectivity index (χ2n) is 6.15. The summed E-state index contributed by atoms with van der Waals surface area (Å²) in [7, 11) is 4.73. The van der Waals surface area contributed by atoms with E-state index in [0.29, 0.717) is 50.7 Å². The van der Waals surface area contributed by atoms with Crippen LogP contribution in [0, 0.1) is 0 Å². The zero-order valence-corrected chi connectivity index (χ0v) is 19.9. The first-order valence-electron chi connectivity index (χ1n) is 9.22. The van der Waals surface area contributed by atoms with Gasteiger partial charge >= 0.3 is 17.6 Å². The highest BCUT2D eigenvalue weighted by molar-refractivity contribution is 6.60. The van der Waals surface area contributed by atoms with E-state index >= 15 is 0 Å². The summed E-state index contributed by atoms with van der Waals surface area (Å²) >= 11 is 0. The number of hydrogen-bond acceptors (Lipinski definition) is 10. The Morgan fingerprint density at radius 3 is 1.11 bits per heavy atom. The van der Waals surface area contributed by atoms with Crippen molar-refractivity contribution in [2.75, 3.05) is 82.3 Å². The van der Waals surface area contributed by atoms with Crippen molar-refractivity contribution >= 4 is 17.6 Å². The van der Waals surface area contributed by atoms with Crippen LogP contribution >= 0.6 is 0 Å². The number of epoxide rings is 2. The zero-order chi connectivity index (χ0) is 20.9. The van der Waals surface area contributed by atoms with Gasteiger partial charge in [-0.05, 0) is 0 Å². The standard InChI is InChI=1S/2C8H18O5Si/c2*1-9-14(10-2,11-3)5-4-12-6-8-7-13-8/h2*8H,4-7H2,1-3H3. The number of rotatable bonds is 16. The lowest BCUT2D eigenvalue weighted by Crippen LogP contribution is -2.43. The molecule has 2 rings (SSSR count). The zero-order valence-electron chi connectivity index (χ0n) is 17.9. The summed E-state index contributed by atoms with van der Waals surface area (Å²) in [6.45, 7) is 4.12. The average molecular weight is 445 g/mol. The van der Waals surface area contributed by atoms with E-state index in [-0.39, 0.29) is 0 Å². The van der Waals surface area contributed by atoms with Gasteiger partial charge in [-0.15, -0.1) is 0 Å². The molecular formula is C16H36O10Si2. The summed E-state index contributed by atoms with van der Waals surface area (Å²) in [5.74, 6) is 0. The highest BCUT2D eigenvalue weighted by Crippen LogP contribution is 2.15. The molecule has 2 atom stereocenters. The van der Waals surface area contributed by atoms with Crippen molar-refractivity contribution in [1.82, 2.24) is 0 Å². The molecule has 2 saturated heterocycles. The first-order valence-corrected chi connectivity index (χ1v) is 13.1. The molecule has 0 bridgehead atoms. The van der Waals surface area contributed by atoms with Gasteiger partial charge in [0.05, 0.1) is 39.6 Å². The van der Waals surface area contributed by atoms with Gasteiger partial charge in [-0.3, -0.25) is 0 Å². The van der Waals surface area contributed by atoms with Gasteiger partial charge in [0.1, 0.15) is 12.2 Å². The van der Waals surface area contributed by atoms with E-state index in [2.05, 4.69) is 0 Å². The van der Waals surface area contributed by atoms with Gasteiger partial charge in [0.2, 0.25) is 0 Å². The molecule has 0 aromatic rings. The molecule has 10 nitrogen and oxygen atoms in total. The van der Waals surface area contributed by atoms with E-state index < -0.39 is 17.6 Å². The molecule has 0 radical (unpaired) electrons. The monoisotopic (exact) mass is 444 g/mol. The van der Waals surface area contributed by atoms with Crippen molar-refractivity contribution < 1.29 is 45.5 Å². The van der Waals surface area contributed by atoms with Gasteiger partial charge in [0.25, 0.3) is 0 Å². The first-order chi connectivity index (χ1) is 13.5. The third kappa shape index (κ3) is 10.2. The molecule has 0 spiro atoms. The van der Waals surface area contributed by atoms with Gasteiger partial charge in [0, 0.05) is 54.7 Å². The van der Waals surface area contributed by atoms with Crippen molar-refractivity contribution in [3.8, 4) is 0 Å². The lowest BCUT2D eigenvalue weighted by Gasteiger charge is -2.23. The van der Waals surface area contributed by atoms with Crippen LogP contribution in [-0.4, -0.2) is 112 Å². The largest absolute Gasteiger partial charge is 0.502 e. The Labute approximate surface area is 170 Å². The van der Waals surface area contributed by atoms with Crippen LogP contribution in [0.15, 0.2) is 0 Å². The average Bonchev–Trinajstić information content (AvgIpc) is 3.65. The van der Waals surface area contributed by atoms with Crippen LogP contribution in [0.4, 0.5) is 0 Å². The summed E-state index contributed by atoms with van der Waals surface area (Å²) in [5.41, 5.74) is 0. The molecule has 28 heavy (non-hydrogen) atoms. The van der Waals surface area contributed by atoms with Crippen LogP contribution in [0.1, 0.15) is 0 Å². The summed E-state index contributed by atoms with van der Waals surface area (Å²) in [4.78, 5) is 0. The van der Waals surface area contributed by atoms with E-state index in [1.54, 1.807) is 42.7 Å². The fourth-order valence-corrected chi connectivity index (χ4v) is 5.28. The SMILES string of the molecule is CO[Si](CCOCC1CO1)(OC)OC.CO[Si](CCOCC1CO1)(OC)OC. The fraction of sp³-hybridized carbons (Fsp3) is 1.00. The summed E-state index contributed by atoms with van der Waals surface area (Å²) in [5, 5.41) is 0. The third-order valence-electron chi connectivity index (χ3n) is 4.38. The maximum atomic E-state index is 5.39. The summed E-state index contributed by atoms with van der Waals surface area (Å²) < 4.78 is 52.3. The molecule has 2 heterocycles. The smallest absolute Gasteiger partial charge is 0.379 e. The van der Waals surface area contributed by atoms with E-state index in [1.807, 2.05) is 0 Å². The van der Waals surface area contributed by atoms with Crippen LogP contribution in [0.2, 0.25) is 12.1 Å². The van der Waals surface area contributed by atoms with Crippen molar-refractivity contribution in [2.24, 2.45) is 0 Å². The highest BCUT2D eigenvalue weighted by Gasteiger charge is 2.38. The van der Waals surface area contributed by atoms with Crippen LogP contribution < -0.4 is 0 Å². The summed E-state index contributed by atoms with van der Waals surface area (Å²) in [6.07, 6.45) is 0.609. The van der Waals surface area contributed by atoms with Gasteiger partial charge in [-0.25, -0.2) is 0 Å². The molecule has 0 aliphatic carbocycles. The predicted octanol–water partition coefficient (Wildman–Crippen LogP) is 0.560. The Bertz CT molecular complexity index is 335. The van der Waals surface area contributed by atoms with Crippen LogP contribution in [0.25, 0.3) is 0 Å². The van der Waals surface area contributed by atoms with Gasteiger partial charge in [0.15, 0.2) is 0 Å². The van der Waals surface area contributed by atoms with Crippen molar-refractivity contribution in [3.63, 3.8) is 0 Å². The third-order valence-corrected chi connectivity index (χ3v) is 9.75. The number of ether oxygens (including phenoxy) is 4. The maximum Gasteiger partial charge on any atom is 0.502 e. The molecule has 12 heteroatoms. The normalized spacial score (nSPS) is 21.2. The summed E-state index contributed by atoms with van der Waals surface area (Å²) in [6, 6.07) is 1.34. The molecule has 2 aliphatic heterocycles. The molecule has 0 saturated carbocycles. The Balaban J connectivity index is 0.000000280. The van der Waals surface area contributed by atoms with Crippen LogP contribution in [0.3, 0.4) is 0 Å². The number of hydrogen-bond donors (Lipinski definition) is 0. The van der Waals surface area contributed by atoms with Crippen molar-refractivity contribution in [1.29, 1.82) is 0 Å². The topological polar surface area (TPSA) is 98.9 Å². The molecule has 2 unspecified atom stereocenters. The Morgan fingerprint density at radius 2 is 0.893 bits per heavy atom. The molecule has 0 N–H and O–H groups in total. The van der Waals surface area contributed by atoms with E-state index in [4.69, 9.17) is 45.5 Å². The molecule has 2 fully saturated rings. The van der Waals surface area contributed by atoms with Crippen molar-refractivity contribution in [2.45, 2.75) is 24.3 Å². The predicted molar refractivity (Wildman–Crippen MR) is 104 cm³/mol. The fourth-order valence-electron chi connectivity index (χ4n) is 2.26. The Morgan fingerprint density at radius 1 is 0.607 bits per heavy atom. The molecule has 2 aliphatic rings.